The first kappa shape index (κ1) is 11.4. The SMILES string of the molecule is CC(NN1CCOCC1)C(=O)N(C)C. The van der Waals surface area contributed by atoms with Gasteiger partial charge < -0.3 is 9.64 Å². The van der Waals surface area contributed by atoms with E-state index in [4.69, 9.17) is 4.74 Å². The lowest BCUT2D eigenvalue weighted by Crippen LogP contribution is -2.53. The maximum Gasteiger partial charge on any atom is 0.240 e. The molecule has 14 heavy (non-hydrogen) atoms. The monoisotopic (exact) mass is 201 g/mol. The number of nitrogens with zero attached hydrogens (tertiary/aromatic N) is 2. The Bertz CT molecular complexity index is 190. The van der Waals surface area contributed by atoms with E-state index >= 15 is 0 Å². The lowest BCUT2D eigenvalue weighted by molar-refractivity contribution is -0.132. The highest BCUT2D eigenvalue weighted by atomic mass is 16.5. The second-order valence-electron chi connectivity index (χ2n) is 3.68. The molecular formula is C9H19N3O2. The number of ether oxygens (including phenoxy) is 1. The van der Waals surface area contributed by atoms with Gasteiger partial charge in [-0.25, -0.2) is 10.4 Å². The molecule has 82 valence electrons. The molecule has 0 aromatic heterocycles. The average molecular weight is 201 g/mol. The van der Waals surface area contributed by atoms with E-state index in [9.17, 15) is 4.79 Å². The van der Waals surface area contributed by atoms with Crippen molar-refractivity contribution in [3.05, 3.63) is 0 Å². The number of carbonyl (C=O) groups excluding carboxylic acids is 1. The van der Waals surface area contributed by atoms with Crippen molar-refractivity contribution in [2.75, 3.05) is 40.4 Å². The van der Waals surface area contributed by atoms with Crippen LogP contribution in [0, 0.1) is 0 Å². The van der Waals surface area contributed by atoms with Gasteiger partial charge in [0.2, 0.25) is 5.91 Å². The average Bonchev–Trinajstić information content (AvgIpc) is 2.18. The van der Waals surface area contributed by atoms with E-state index in [0.29, 0.717) is 0 Å². The van der Waals surface area contributed by atoms with Crippen molar-refractivity contribution in [3.8, 4) is 0 Å². The topological polar surface area (TPSA) is 44.8 Å². The van der Waals surface area contributed by atoms with Crippen molar-refractivity contribution in [1.82, 2.24) is 15.3 Å². The van der Waals surface area contributed by atoms with Crippen molar-refractivity contribution in [1.29, 1.82) is 0 Å². The molecule has 0 aromatic carbocycles. The van der Waals surface area contributed by atoms with E-state index in [1.54, 1.807) is 19.0 Å². The summed E-state index contributed by atoms with van der Waals surface area (Å²) in [5.74, 6) is 0.0940. The third-order valence-electron chi connectivity index (χ3n) is 2.20. The highest BCUT2D eigenvalue weighted by molar-refractivity contribution is 5.80. The Balaban J connectivity index is 2.31. The van der Waals surface area contributed by atoms with Crippen LogP contribution in [0.5, 0.6) is 0 Å². The lowest BCUT2D eigenvalue weighted by atomic mass is 10.3. The minimum absolute atomic E-state index is 0.0940. The maximum atomic E-state index is 11.5. The van der Waals surface area contributed by atoms with E-state index in [-0.39, 0.29) is 11.9 Å². The molecule has 1 unspecified atom stereocenters. The van der Waals surface area contributed by atoms with Gasteiger partial charge in [-0.2, -0.15) is 0 Å². The van der Waals surface area contributed by atoms with Crippen LogP contribution in [0.15, 0.2) is 0 Å². The summed E-state index contributed by atoms with van der Waals surface area (Å²) in [5, 5.41) is 2.04. The number of amides is 1. The first-order valence-corrected chi connectivity index (χ1v) is 4.91. The van der Waals surface area contributed by atoms with Gasteiger partial charge in [0.05, 0.1) is 19.3 Å². The Labute approximate surface area is 85.0 Å². The summed E-state index contributed by atoms with van der Waals surface area (Å²) in [5.41, 5.74) is 3.16. The minimum Gasteiger partial charge on any atom is -0.379 e. The molecule has 1 amide bonds. The minimum atomic E-state index is -0.164. The highest BCUT2D eigenvalue weighted by Crippen LogP contribution is 1.96. The van der Waals surface area contributed by atoms with Crippen LogP contribution in [-0.4, -0.2) is 62.3 Å². The summed E-state index contributed by atoms with van der Waals surface area (Å²) < 4.78 is 5.21. The number of nitrogens with one attached hydrogen (secondary N) is 1. The van der Waals surface area contributed by atoms with Gasteiger partial charge in [-0.15, -0.1) is 0 Å². The highest BCUT2D eigenvalue weighted by Gasteiger charge is 2.18. The molecule has 1 N–H and O–H groups in total. The van der Waals surface area contributed by atoms with Crippen molar-refractivity contribution in [2.24, 2.45) is 0 Å². The summed E-state index contributed by atoms with van der Waals surface area (Å²) in [4.78, 5) is 13.1. The summed E-state index contributed by atoms with van der Waals surface area (Å²) in [6.45, 7) is 5.01. The third-order valence-corrected chi connectivity index (χ3v) is 2.20. The first-order chi connectivity index (χ1) is 6.61. The largest absolute Gasteiger partial charge is 0.379 e. The molecular weight excluding hydrogens is 182 g/mol. The van der Waals surface area contributed by atoms with Crippen molar-refractivity contribution < 1.29 is 9.53 Å². The van der Waals surface area contributed by atoms with Gasteiger partial charge in [-0.1, -0.05) is 0 Å². The maximum absolute atomic E-state index is 11.5. The molecule has 0 radical (unpaired) electrons. The zero-order valence-corrected chi connectivity index (χ0v) is 9.12. The molecule has 0 bridgehead atoms. The zero-order valence-electron chi connectivity index (χ0n) is 9.12. The molecule has 0 spiro atoms. The second kappa shape index (κ2) is 5.29. The Morgan fingerprint density at radius 3 is 2.50 bits per heavy atom. The molecule has 1 aliphatic rings. The Morgan fingerprint density at radius 2 is 2.00 bits per heavy atom. The third kappa shape index (κ3) is 3.25. The van der Waals surface area contributed by atoms with Crippen LogP contribution in [0.2, 0.25) is 0 Å². The number of hydrogen-bond donors (Lipinski definition) is 1. The molecule has 1 rings (SSSR count). The normalized spacial score (nSPS) is 20.5. The molecule has 0 saturated carbocycles. The van der Waals surface area contributed by atoms with Gasteiger partial charge in [-0.3, -0.25) is 4.79 Å². The molecule has 0 aliphatic carbocycles. The van der Waals surface area contributed by atoms with E-state index in [0.717, 1.165) is 26.3 Å². The standard InChI is InChI=1S/C9H19N3O2/c1-8(9(13)11(2)3)10-12-4-6-14-7-5-12/h8,10H,4-7H2,1-3H3. The van der Waals surface area contributed by atoms with Crippen LogP contribution >= 0.6 is 0 Å². The molecule has 1 fully saturated rings. The fourth-order valence-corrected chi connectivity index (χ4v) is 1.41. The Morgan fingerprint density at radius 1 is 1.43 bits per heavy atom. The Kier molecular flexibility index (Phi) is 4.31. The van der Waals surface area contributed by atoms with Gasteiger partial charge in [0.15, 0.2) is 0 Å². The van der Waals surface area contributed by atoms with Gasteiger partial charge >= 0.3 is 0 Å². The van der Waals surface area contributed by atoms with Crippen molar-refractivity contribution in [2.45, 2.75) is 13.0 Å². The molecule has 1 atom stereocenters. The smallest absolute Gasteiger partial charge is 0.240 e. The molecule has 5 heteroatoms. The fourth-order valence-electron chi connectivity index (χ4n) is 1.41. The van der Waals surface area contributed by atoms with Crippen LogP contribution in [0.4, 0.5) is 0 Å². The van der Waals surface area contributed by atoms with Crippen LogP contribution in [-0.2, 0) is 9.53 Å². The summed E-state index contributed by atoms with van der Waals surface area (Å²) in [7, 11) is 3.53. The molecule has 1 heterocycles. The quantitative estimate of drug-likeness (QED) is 0.656. The van der Waals surface area contributed by atoms with Crippen molar-refractivity contribution in [3.63, 3.8) is 0 Å². The van der Waals surface area contributed by atoms with Gasteiger partial charge in [0.1, 0.15) is 0 Å². The molecule has 5 nitrogen and oxygen atoms in total. The number of hydrazine groups is 1. The lowest BCUT2D eigenvalue weighted by Gasteiger charge is -2.30. The summed E-state index contributed by atoms with van der Waals surface area (Å²) in [6.07, 6.45) is 0. The zero-order chi connectivity index (χ0) is 10.6. The second-order valence-corrected chi connectivity index (χ2v) is 3.68. The number of likely N-dealkylation sites (N-methyl/N-ethyl adjacent to an activating group) is 1. The fraction of sp³-hybridized carbons (Fsp3) is 0.889. The van der Waals surface area contributed by atoms with E-state index in [1.807, 2.05) is 11.9 Å². The van der Waals surface area contributed by atoms with Gasteiger partial charge in [0.25, 0.3) is 0 Å². The van der Waals surface area contributed by atoms with Crippen molar-refractivity contribution >= 4 is 5.91 Å². The summed E-state index contributed by atoms with van der Waals surface area (Å²) in [6, 6.07) is -0.164. The van der Waals surface area contributed by atoms with Crippen LogP contribution in [0.25, 0.3) is 0 Å². The molecule has 1 saturated heterocycles. The number of hydrogen-bond acceptors (Lipinski definition) is 4. The number of rotatable bonds is 3. The predicted octanol–water partition coefficient (Wildman–Crippen LogP) is -0.700. The molecule has 1 aliphatic heterocycles. The van der Waals surface area contributed by atoms with Crippen LogP contribution < -0.4 is 5.43 Å². The number of morpholine rings is 1. The van der Waals surface area contributed by atoms with Gasteiger partial charge in [0, 0.05) is 27.2 Å². The molecule has 0 aromatic rings. The van der Waals surface area contributed by atoms with Crippen LogP contribution in [0.3, 0.4) is 0 Å². The number of carbonyl (C=O) groups is 1. The first-order valence-electron chi connectivity index (χ1n) is 4.91. The van der Waals surface area contributed by atoms with E-state index < -0.39 is 0 Å². The van der Waals surface area contributed by atoms with E-state index in [2.05, 4.69) is 5.43 Å². The van der Waals surface area contributed by atoms with E-state index in [1.165, 1.54) is 0 Å². The van der Waals surface area contributed by atoms with Gasteiger partial charge in [-0.05, 0) is 6.92 Å². The van der Waals surface area contributed by atoms with Crippen LogP contribution in [0.1, 0.15) is 6.92 Å². The predicted molar refractivity (Wildman–Crippen MR) is 53.7 cm³/mol. The summed E-state index contributed by atoms with van der Waals surface area (Å²) >= 11 is 0. The Hall–Kier alpha value is -0.650.